The lowest BCUT2D eigenvalue weighted by Crippen LogP contribution is -2.66. The molecule has 406 valence electrons. The number of Topliss-reactive ketones (excluding diaryl/α,β-unsaturated/α-hetero) is 1. The molecule has 0 aromatic heterocycles. The van der Waals surface area contributed by atoms with E-state index in [2.05, 4.69) is 109 Å². The van der Waals surface area contributed by atoms with Crippen LogP contribution in [0.15, 0.2) is 35.5 Å². The maximum atomic E-state index is 14.3. The number of carbonyl (C=O) groups excluding carboxylic acids is 5. The number of fused-ring (bicyclic) bond motifs is 14. The molecule has 9 nitrogen and oxygen atoms in total. The fourth-order valence-corrected chi connectivity index (χ4v) is 20.5. The molecule has 0 bridgehead atoms. The van der Waals surface area contributed by atoms with Gasteiger partial charge in [0.05, 0.1) is 0 Å². The maximum absolute atomic E-state index is 14.3. The number of amides is 2. The van der Waals surface area contributed by atoms with Gasteiger partial charge in [-0.3, -0.25) is 24.0 Å². The summed E-state index contributed by atoms with van der Waals surface area (Å²) >= 11 is 0. The number of rotatable bonds is 2. The zero-order chi connectivity index (χ0) is 52.2. The summed E-state index contributed by atoms with van der Waals surface area (Å²) in [5, 5.41) is 6.50. The van der Waals surface area contributed by atoms with Gasteiger partial charge in [0.2, 0.25) is 11.8 Å². The summed E-state index contributed by atoms with van der Waals surface area (Å²) in [6, 6.07) is 0. The topological polar surface area (TPSA) is 184 Å². The van der Waals surface area contributed by atoms with E-state index in [4.69, 9.17) is 16.7 Å². The minimum Gasteiger partial charge on any atom is -0.369 e. The Bertz CT molecular complexity index is 2190. The third kappa shape index (κ3) is 7.62. The molecule has 0 aliphatic heterocycles. The molecule has 0 heterocycles. The van der Waals surface area contributed by atoms with Gasteiger partial charge in [0.25, 0.3) is 0 Å². The molecule has 10 rings (SSSR count). The van der Waals surface area contributed by atoms with Gasteiger partial charge in [0.15, 0.2) is 11.6 Å². The number of nitrogens with two attached hydrogens (primary N) is 3. The summed E-state index contributed by atoms with van der Waals surface area (Å²) < 4.78 is 0. The Kier molecular flexibility index (Phi) is 14.6. The van der Waals surface area contributed by atoms with Crippen molar-refractivity contribution in [2.75, 3.05) is 0 Å². The van der Waals surface area contributed by atoms with Gasteiger partial charge in [-0.1, -0.05) is 128 Å². The van der Waals surface area contributed by atoms with Gasteiger partial charge in [0, 0.05) is 34.5 Å². The Hall–Kier alpha value is -2.62. The monoisotopic (exact) mass is 1020 g/mol. The van der Waals surface area contributed by atoms with Gasteiger partial charge in [-0.15, -0.1) is 12.4 Å². The van der Waals surface area contributed by atoms with Crippen molar-refractivity contribution in [3.05, 3.63) is 35.5 Å². The highest BCUT2D eigenvalue weighted by atomic mass is 35.5. The first-order chi connectivity index (χ1) is 32.1. The molecular weight excluding hydrogens is 918 g/mol. The third-order valence-electron chi connectivity index (χ3n) is 26.1. The summed E-state index contributed by atoms with van der Waals surface area (Å²) in [5.74, 6) is 5.41. The molecule has 0 radical (unpaired) electrons. The van der Waals surface area contributed by atoms with Crippen molar-refractivity contribution in [2.24, 2.45) is 118 Å². The number of hydrogen-bond acceptors (Lipinski definition) is 7. The van der Waals surface area contributed by atoms with Crippen molar-refractivity contribution in [1.29, 1.82) is 0 Å². The van der Waals surface area contributed by atoms with Crippen molar-refractivity contribution in [3.8, 4) is 0 Å². The molecule has 0 aromatic rings. The van der Waals surface area contributed by atoms with Gasteiger partial charge in [-0.05, 0) is 194 Å². The summed E-state index contributed by atoms with van der Waals surface area (Å²) in [5.41, 5.74) is 14.5. The fourth-order valence-electron chi connectivity index (χ4n) is 20.5. The Morgan fingerprint density at radius 1 is 0.528 bits per heavy atom. The minimum atomic E-state index is -0.499. The van der Waals surface area contributed by atoms with Crippen molar-refractivity contribution < 1.29 is 29.2 Å². The van der Waals surface area contributed by atoms with Crippen molar-refractivity contribution >= 4 is 41.6 Å². The van der Waals surface area contributed by atoms with Gasteiger partial charge in [0.1, 0.15) is 5.78 Å². The van der Waals surface area contributed by atoms with E-state index in [1.807, 2.05) is 13.0 Å². The van der Waals surface area contributed by atoms with E-state index in [0.29, 0.717) is 23.9 Å². The van der Waals surface area contributed by atoms with Crippen LogP contribution in [0.1, 0.15) is 220 Å². The minimum absolute atomic E-state index is 0. The van der Waals surface area contributed by atoms with Crippen molar-refractivity contribution in [1.82, 2.24) is 0 Å². The molecule has 10 aliphatic rings. The second kappa shape index (κ2) is 18.0. The standard InChI is InChI=1S/C31H47NO2.C30H45NO3.CH4.ClH.H3NO/c1-19-9-11-29(6)23(26(19,2)3)10-12-31(8)24(29)22(33)17-20-21-18-28(5,25(32)34)14-13-27(21,4)15-16-30(20,31)7;1-25(2)21-8-11-30(7)23(28(21,5)10-9-22(25)33)20(32)16-18-19-17-27(4,24(31)34)13-12-26(19,3)14-15-29(18,30)6;;;1-2/h17,21,23-24H,1,9-16,18H2,2-8H3,(H2,32,34);16,19,21,23H,8-15,17H2,1-7H3,(H2,31,34);1H4;1H;2H,1H2/t21-,23-,24+,27+,28-,29-,30+,31+;19-,21-,23+,26+,27-,28-,29+,30+;;;/m00.../s1. The molecule has 10 heteroatoms. The fraction of sp³-hybridized carbons (Fsp3) is 0.823. The Labute approximate surface area is 442 Å². The van der Waals surface area contributed by atoms with E-state index in [1.54, 1.807) is 0 Å². The zero-order valence-electron chi connectivity index (χ0n) is 46.7. The van der Waals surface area contributed by atoms with Crippen molar-refractivity contribution in [3.63, 3.8) is 0 Å². The molecule has 8 fully saturated rings. The van der Waals surface area contributed by atoms with Gasteiger partial charge in [-0.25, -0.2) is 5.90 Å². The summed E-state index contributed by atoms with van der Waals surface area (Å²) in [6.45, 7) is 36.8. The van der Waals surface area contributed by atoms with Crippen LogP contribution >= 0.6 is 12.4 Å². The van der Waals surface area contributed by atoms with Crippen LogP contribution in [-0.2, 0) is 24.0 Å². The molecule has 0 spiro atoms. The molecule has 7 N–H and O–H groups in total. The van der Waals surface area contributed by atoms with E-state index >= 15 is 0 Å². The molecule has 72 heavy (non-hydrogen) atoms. The lowest BCUT2D eigenvalue weighted by Gasteiger charge is -2.70. The first-order valence-corrected chi connectivity index (χ1v) is 27.7. The normalized spacial score (nSPS) is 49.2. The van der Waals surface area contributed by atoms with E-state index in [-0.39, 0.29) is 121 Å². The maximum Gasteiger partial charge on any atom is 0.223 e. The highest BCUT2D eigenvalue weighted by Gasteiger charge is 2.72. The second-order valence-electron chi connectivity index (χ2n) is 29.7. The highest BCUT2D eigenvalue weighted by Crippen LogP contribution is 2.77. The Morgan fingerprint density at radius 2 is 0.875 bits per heavy atom. The number of halogens is 1. The predicted octanol–water partition coefficient (Wildman–Crippen LogP) is 13.4. The molecule has 0 unspecified atom stereocenters. The van der Waals surface area contributed by atoms with Crippen LogP contribution in [0.25, 0.3) is 0 Å². The molecular formula is C62H100ClN3O6. The highest BCUT2D eigenvalue weighted by molar-refractivity contribution is 5.97. The average molecular weight is 1020 g/mol. The predicted molar refractivity (Wildman–Crippen MR) is 291 cm³/mol. The number of allylic oxidation sites excluding steroid dienone is 5. The molecule has 10 aliphatic carbocycles. The Morgan fingerprint density at radius 3 is 1.25 bits per heavy atom. The van der Waals surface area contributed by atoms with Crippen LogP contribution in [0, 0.1) is 100 Å². The lowest BCUT2D eigenvalue weighted by atomic mass is 9.33. The van der Waals surface area contributed by atoms with Crippen molar-refractivity contribution in [2.45, 2.75) is 220 Å². The van der Waals surface area contributed by atoms with Crippen LogP contribution in [0.3, 0.4) is 0 Å². The summed E-state index contributed by atoms with van der Waals surface area (Å²) in [7, 11) is 0. The van der Waals surface area contributed by atoms with E-state index in [9.17, 15) is 24.0 Å². The van der Waals surface area contributed by atoms with Crippen LogP contribution in [0.5, 0.6) is 0 Å². The third-order valence-corrected chi connectivity index (χ3v) is 26.1. The van der Waals surface area contributed by atoms with Gasteiger partial charge in [-0.2, -0.15) is 0 Å². The lowest BCUT2D eigenvalue weighted by molar-refractivity contribution is -0.187. The summed E-state index contributed by atoms with van der Waals surface area (Å²) in [6.07, 6.45) is 21.8. The molecule has 0 saturated heterocycles. The molecule has 0 aromatic carbocycles. The molecule has 16 atom stereocenters. The number of primary amides is 2. The zero-order valence-corrected chi connectivity index (χ0v) is 47.5. The van der Waals surface area contributed by atoms with E-state index in [0.717, 1.165) is 96.3 Å². The smallest absolute Gasteiger partial charge is 0.223 e. The van der Waals surface area contributed by atoms with Gasteiger partial charge < -0.3 is 16.7 Å². The van der Waals surface area contributed by atoms with E-state index in [1.165, 1.54) is 29.6 Å². The molecule has 8 saturated carbocycles. The van der Waals surface area contributed by atoms with Crippen LogP contribution in [0.2, 0.25) is 0 Å². The summed E-state index contributed by atoms with van der Waals surface area (Å²) in [4.78, 5) is 66.3. The SMILES string of the molecule is C.C=C1CC[C@]2(C)[C@H]3C(=O)C=C4[C@@H]5C[C@@](C)(C(N)=O)CC[C@]5(C)CC[C@@]4(C)[C@]3(C)CC[C@H]2C1(C)C.CC1(C)C(=O)CC[C@]2(C)[C@H]3C(=O)C=C4[C@@H]5C[C@@](C)(C(N)=O)CC[C@]5(C)CC[C@@]4(C)[C@]3(C)CC[C@@H]12.Cl.NO. The van der Waals surface area contributed by atoms with Crippen LogP contribution < -0.4 is 17.4 Å². The number of hydrogen-bond donors (Lipinski definition) is 4. The first-order valence-electron chi connectivity index (χ1n) is 27.7. The Balaban J connectivity index is 0.000000222. The second-order valence-corrected chi connectivity index (χ2v) is 29.7. The largest absolute Gasteiger partial charge is 0.369 e. The van der Waals surface area contributed by atoms with Gasteiger partial charge >= 0.3 is 0 Å². The van der Waals surface area contributed by atoms with Crippen LogP contribution in [0.4, 0.5) is 0 Å². The number of carbonyl (C=O) groups is 5. The average Bonchev–Trinajstić information content (AvgIpc) is 3.27. The molecule has 2 amide bonds. The van der Waals surface area contributed by atoms with E-state index < -0.39 is 10.8 Å². The quantitative estimate of drug-likeness (QED) is 0.157. The first kappa shape index (κ1) is 58.6. The van der Waals surface area contributed by atoms with Crippen LogP contribution in [-0.4, -0.2) is 34.4 Å². The number of ketones is 3.